The number of ether oxygens (including phenoxy) is 4. The molecule has 3 aromatic rings. The van der Waals surface area contributed by atoms with E-state index in [1.807, 2.05) is 0 Å². The minimum absolute atomic E-state index is 0.0517. The zero-order valence-corrected chi connectivity index (χ0v) is 15.1. The van der Waals surface area contributed by atoms with Gasteiger partial charge in [-0.05, 0) is 30.3 Å². The van der Waals surface area contributed by atoms with Crippen molar-refractivity contribution in [3.05, 3.63) is 53.9 Å². The highest BCUT2D eigenvalue weighted by molar-refractivity contribution is 5.89. The third kappa shape index (κ3) is 4.17. The fourth-order valence-electron chi connectivity index (χ4n) is 2.38. The summed E-state index contributed by atoms with van der Waals surface area (Å²) in [5.74, 6) is 1.93. The second-order valence-corrected chi connectivity index (χ2v) is 5.39. The van der Waals surface area contributed by atoms with Gasteiger partial charge in [0.25, 0.3) is 5.89 Å². The van der Waals surface area contributed by atoms with E-state index in [2.05, 4.69) is 14.9 Å². The van der Waals surface area contributed by atoms with Crippen molar-refractivity contribution < 1.29 is 28.3 Å². The fourth-order valence-corrected chi connectivity index (χ4v) is 2.38. The van der Waals surface area contributed by atoms with Crippen LogP contribution in [0.15, 0.2) is 47.0 Å². The van der Waals surface area contributed by atoms with Gasteiger partial charge in [-0.3, -0.25) is 0 Å². The summed E-state index contributed by atoms with van der Waals surface area (Å²) in [5, 5.41) is 3.96. The second-order valence-electron chi connectivity index (χ2n) is 5.39. The van der Waals surface area contributed by atoms with Gasteiger partial charge in [0.05, 0.1) is 32.5 Å². The van der Waals surface area contributed by atoms with Crippen LogP contribution in [0.5, 0.6) is 17.2 Å². The lowest BCUT2D eigenvalue weighted by Gasteiger charge is -2.07. The molecular weight excluding hydrogens is 352 g/mol. The number of nitrogens with zero attached hydrogens (tertiary/aromatic N) is 2. The number of esters is 1. The Morgan fingerprint density at radius 3 is 2.63 bits per heavy atom. The zero-order valence-electron chi connectivity index (χ0n) is 15.1. The lowest BCUT2D eigenvalue weighted by molar-refractivity contribution is 0.0600. The Morgan fingerprint density at radius 1 is 1.04 bits per heavy atom. The van der Waals surface area contributed by atoms with Crippen molar-refractivity contribution >= 4 is 5.97 Å². The number of carbonyl (C=O) groups excluding carboxylic acids is 1. The van der Waals surface area contributed by atoms with Gasteiger partial charge in [-0.25, -0.2) is 4.79 Å². The first-order valence-electron chi connectivity index (χ1n) is 8.00. The topological polar surface area (TPSA) is 92.9 Å². The summed E-state index contributed by atoms with van der Waals surface area (Å²) >= 11 is 0. The van der Waals surface area contributed by atoms with Crippen molar-refractivity contribution in [3.63, 3.8) is 0 Å². The van der Waals surface area contributed by atoms with Crippen LogP contribution in [0.2, 0.25) is 0 Å². The number of hydrogen-bond donors (Lipinski definition) is 0. The molecule has 0 aliphatic heterocycles. The molecule has 0 amide bonds. The van der Waals surface area contributed by atoms with Gasteiger partial charge in [-0.2, -0.15) is 4.98 Å². The van der Waals surface area contributed by atoms with Crippen LogP contribution >= 0.6 is 0 Å². The molecular formula is C19H18N2O6. The van der Waals surface area contributed by atoms with E-state index in [-0.39, 0.29) is 12.5 Å². The molecule has 27 heavy (non-hydrogen) atoms. The molecule has 0 bridgehead atoms. The third-order valence-corrected chi connectivity index (χ3v) is 3.74. The molecule has 0 aliphatic carbocycles. The lowest BCUT2D eigenvalue weighted by Crippen LogP contribution is -2.02. The number of benzene rings is 2. The number of rotatable bonds is 7. The summed E-state index contributed by atoms with van der Waals surface area (Å²) in [6, 6.07) is 11.9. The van der Waals surface area contributed by atoms with E-state index in [4.69, 9.17) is 18.7 Å². The molecule has 3 rings (SSSR count). The molecule has 0 atom stereocenters. The smallest absolute Gasteiger partial charge is 0.337 e. The quantitative estimate of drug-likeness (QED) is 0.586. The van der Waals surface area contributed by atoms with Gasteiger partial charge in [0.15, 0.2) is 6.61 Å². The average Bonchev–Trinajstić information content (AvgIpc) is 3.20. The second kappa shape index (κ2) is 8.22. The molecule has 8 heteroatoms. The predicted molar refractivity (Wildman–Crippen MR) is 95.0 cm³/mol. The molecule has 1 aromatic heterocycles. The summed E-state index contributed by atoms with van der Waals surface area (Å²) < 4.78 is 26.1. The van der Waals surface area contributed by atoms with Gasteiger partial charge in [0.2, 0.25) is 5.82 Å². The summed E-state index contributed by atoms with van der Waals surface area (Å²) in [4.78, 5) is 15.9. The van der Waals surface area contributed by atoms with Gasteiger partial charge >= 0.3 is 5.97 Å². The molecule has 8 nitrogen and oxygen atoms in total. The molecule has 0 saturated carbocycles. The van der Waals surface area contributed by atoms with E-state index in [1.54, 1.807) is 56.7 Å². The van der Waals surface area contributed by atoms with Crippen molar-refractivity contribution in [3.8, 4) is 28.6 Å². The maximum absolute atomic E-state index is 11.6. The van der Waals surface area contributed by atoms with Gasteiger partial charge in [-0.1, -0.05) is 11.2 Å². The van der Waals surface area contributed by atoms with Gasteiger partial charge in [0.1, 0.15) is 17.2 Å². The first-order valence-corrected chi connectivity index (χ1v) is 8.00. The maximum Gasteiger partial charge on any atom is 0.337 e. The van der Waals surface area contributed by atoms with Gasteiger partial charge in [-0.15, -0.1) is 0 Å². The van der Waals surface area contributed by atoms with Crippen molar-refractivity contribution in [2.45, 2.75) is 6.61 Å². The Morgan fingerprint density at radius 2 is 1.89 bits per heavy atom. The van der Waals surface area contributed by atoms with Crippen molar-refractivity contribution in [2.24, 2.45) is 0 Å². The van der Waals surface area contributed by atoms with Crippen LogP contribution in [0.3, 0.4) is 0 Å². The summed E-state index contributed by atoms with van der Waals surface area (Å²) in [5.41, 5.74) is 1.06. The molecule has 0 saturated heterocycles. The Bertz CT molecular complexity index is 937. The highest BCUT2D eigenvalue weighted by atomic mass is 16.5. The van der Waals surface area contributed by atoms with Crippen molar-refractivity contribution in [2.75, 3.05) is 21.3 Å². The third-order valence-electron chi connectivity index (χ3n) is 3.74. The minimum Gasteiger partial charge on any atom is -0.497 e. The molecule has 1 heterocycles. The molecule has 0 fully saturated rings. The van der Waals surface area contributed by atoms with E-state index >= 15 is 0 Å². The zero-order chi connectivity index (χ0) is 19.2. The monoisotopic (exact) mass is 370 g/mol. The van der Waals surface area contributed by atoms with Crippen LogP contribution in [0.1, 0.15) is 16.2 Å². The van der Waals surface area contributed by atoms with Crippen molar-refractivity contribution in [1.29, 1.82) is 0 Å². The molecule has 2 aromatic carbocycles. The number of hydrogen-bond acceptors (Lipinski definition) is 8. The molecule has 0 N–H and O–H groups in total. The number of carbonyl (C=O) groups is 1. The van der Waals surface area contributed by atoms with E-state index in [9.17, 15) is 4.79 Å². The SMILES string of the molecule is COC(=O)c1cccc(OCc2nc(-c3ccc(OC)cc3OC)no2)c1. The largest absolute Gasteiger partial charge is 0.497 e. The van der Waals surface area contributed by atoms with Crippen LogP contribution in [0.25, 0.3) is 11.4 Å². The van der Waals surface area contributed by atoms with Crippen LogP contribution < -0.4 is 14.2 Å². The Hall–Kier alpha value is -3.55. The molecule has 140 valence electrons. The maximum atomic E-state index is 11.6. The van der Waals surface area contributed by atoms with E-state index in [1.165, 1.54) is 7.11 Å². The van der Waals surface area contributed by atoms with Crippen LogP contribution in [0.4, 0.5) is 0 Å². The summed E-state index contributed by atoms with van der Waals surface area (Å²) in [6.07, 6.45) is 0. The van der Waals surface area contributed by atoms with Crippen LogP contribution in [0, 0.1) is 0 Å². The summed E-state index contributed by atoms with van der Waals surface area (Å²) in [7, 11) is 4.45. The van der Waals surface area contributed by atoms with Crippen LogP contribution in [-0.4, -0.2) is 37.4 Å². The van der Waals surface area contributed by atoms with Gasteiger partial charge < -0.3 is 23.5 Å². The number of aromatic nitrogens is 2. The van der Waals surface area contributed by atoms with Crippen molar-refractivity contribution in [1.82, 2.24) is 10.1 Å². The molecule has 0 radical (unpaired) electrons. The molecule has 0 spiro atoms. The minimum atomic E-state index is -0.438. The highest BCUT2D eigenvalue weighted by Crippen LogP contribution is 2.31. The highest BCUT2D eigenvalue weighted by Gasteiger charge is 2.15. The summed E-state index contributed by atoms with van der Waals surface area (Å²) in [6.45, 7) is 0.0517. The van der Waals surface area contributed by atoms with Crippen LogP contribution in [-0.2, 0) is 11.3 Å². The lowest BCUT2D eigenvalue weighted by atomic mass is 10.2. The fraction of sp³-hybridized carbons (Fsp3) is 0.211. The molecule has 0 unspecified atom stereocenters. The standard InChI is InChI=1S/C19H18N2O6/c1-23-13-7-8-15(16(10-13)24-2)18-20-17(27-21-18)11-26-14-6-4-5-12(9-14)19(22)25-3/h4-10H,11H2,1-3H3. The van der Waals surface area contributed by atoms with Gasteiger partial charge in [0, 0.05) is 6.07 Å². The Balaban J connectivity index is 1.73. The normalized spacial score (nSPS) is 10.3. The molecule has 0 aliphatic rings. The predicted octanol–water partition coefficient (Wildman–Crippen LogP) is 3.12. The Kier molecular flexibility index (Phi) is 5.55. The van der Waals surface area contributed by atoms with E-state index < -0.39 is 5.97 Å². The first-order chi connectivity index (χ1) is 13.1. The average molecular weight is 370 g/mol. The van der Waals surface area contributed by atoms with E-state index in [0.717, 1.165) is 0 Å². The first kappa shape index (κ1) is 18.2. The van der Waals surface area contributed by atoms with E-state index in [0.29, 0.717) is 34.2 Å². The number of methoxy groups -OCH3 is 3. The Labute approximate surface area is 155 Å².